The van der Waals surface area contributed by atoms with Crippen LogP contribution in [0.5, 0.6) is 0 Å². The maximum Gasteiger partial charge on any atom is 0.320 e. The molecule has 2 saturated heterocycles. The van der Waals surface area contributed by atoms with Crippen LogP contribution in [0.4, 0.5) is 9.18 Å². The molecule has 0 unspecified atom stereocenters. The Morgan fingerprint density at radius 3 is 2.74 bits per heavy atom. The Bertz CT molecular complexity index is 856. The number of hydrogen-bond acceptors (Lipinski definition) is 5. The number of rotatable bonds is 2. The van der Waals surface area contributed by atoms with Crippen LogP contribution in [-0.2, 0) is 0 Å². The van der Waals surface area contributed by atoms with Gasteiger partial charge in [-0.05, 0) is 22.9 Å². The Labute approximate surface area is 155 Å². The Morgan fingerprint density at radius 1 is 1.26 bits per heavy atom. The van der Waals surface area contributed by atoms with Crippen LogP contribution in [0, 0.1) is 17.7 Å². The summed E-state index contributed by atoms with van der Waals surface area (Å²) in [4.78, 5) is 30.3. The van der Waals surface area contributed by atoms with Gasteiger partial charge in [0.05, 0.1) is 6.04 Å². The first-order valence-corrected chi connectivity index (χ1v) is 8.76. The van der Waals surface area contributed by atoms with E-state index in [9.17, 15) is 14.0 Å². The molecule has 3 atom stereocenters. The van der Waals surface area contributed by atoms with Crippen LogP contribution in [0.25, 0.3) is 0 Å². The first-order chi connectivity index (χ1) is 13.0. The van der Waals surface area contributed by atoms with Gasteiger partial charge in [0.2, 0.25) is 0 Å². The summed E-state index contributed by atoms with van der Waals surface area (Å²) < 4.78 is 18.4. The number of likely N-dealkylation sites (tertiary alicyclic amines) is 2. The molecule has 2 aromatic rings. The molecule has 0 spiro atoms. The average molecular weight is 373 g/mol. The zero-order valence-electron chi connectivity index (χ0n) is 15.1. The largest absolute Gasteiger partial charge is 0.336 e. The van der Waals surface area contributed by atoms with Crippen molar-refractivity contribution >= 4 is 11.9 Å². The molecule has 9 heteroatoms. The van der Waals surface area contributed by atoms with Crippen molar-refractivity contribution in [3.05, 3.63) is 47.5 Å². The number of aromatic nitrogens is 2. The number of halogens is 1. The normalized spacial score (nSPS) is 24.2. The van der Waals surface area contributed by atoms with Crippen molar-refractivity contribution in [3.8, 4) is 0 Å². The summed E-state index contributed by atoms with van der Waals surface area (Å²) in [6, 6.07) is 5.93. The predicted octanol–water partition coefficient (Wildman–Crippen LogP) is 1.64. The van der Waals surface area contributed by atoms with Crippen LogP contribution in [0.2, 0.25) is 0 Å². The Hall–Kier alpha value is -2.97. The van der Waals surface area contributed by atoms with E-state index in [0.717, 1.165) is 5.56 Å². The quantitative estimate of drug-likeness (QED) is 0.799. The molecule has 1 aromatic heterocycles. The van der Waals surface area contributed by atoms with Gasteiger partial charge in [-0.3, -0.25) is 4.79 Å². The highest BCUT2D eigenvalue weighted by Gasteiger charge is 2.50. The highest BCUT2D eigenvalue weighted by molar-refractivity contribution is 5.92. The van der Waals surface area contributed by atoms with E-state index in [1.165, 1.54) is 23.2 Å². The molecule has 0 aliphatic carbocycles. The minimum Gasteiger partial charge on any atom is -0.336 e. The predicted molar refractivity (Wildman–Crippen MR) is 92.1 cm³/mol. The van der Waals surface area contributed by atoms with Gasteiger partial charge in [-0.2, -0.15) is 0 Å². The van der Waals surface area contributed by atoms with Crippen LogP contribution in [-0.4, -0.2) is 70.7 Å². The molecule has 2 aliphatic heterocycles. The number of urea groups is 1. The van der Waals surface area contributed by atoms with E-state index >= 15 is 0 Å². The molecule has 0 N–H and O–H groups in total. The van der Waals surface area contributed by atoms with E-state index in [0.29, 0.717) is 19.6 Å². The van der Waals surface area contributed by atoms with Crippen molar-refractivity contribution in [1.29, 1.82) is 0 Å². The summed E-state index contributed by atoms with van der Waals surface area (Å²) in [5, 5.41) is 7.09. The molecule has 2 fully saturated rings. The molecule has 0 radical (unpaired) electrons. The second kappa shape index (κ2) is 6.64. The van der Waals surface area contributed by atoms with Gasteiger partial charge in [-0.25, -0.2) is 13.8 Å². The second-order valence-corrected chi connectivity index (χ2v) is 7.26. The fourth-order valence-corrected chi connectivity index (χ4v) is 4.20. The topological polar surface area (TPSA) is 82.8 Å². The van der Waals surface area contributed by atoms with Crippen LogP contribution < -0.4 is 0 Å². The molecule has 27 heavy (non-hydrogen) atoms. The minimum absolute atomic E-state index is 0.0273. The summed E-state index contributed by atoms with van der Waals surface area (Å²) >= 11 is 0. The molecule has 3 heterocycles. The molecule has 2 aliphatic rings. The fourth-order valence-electron chi connectivity index (χ4n) is 4.20. The van der Waals surface area contributed by atoms with Crippen LogP contribution in [0.1, 0.15) is 22.1 Å². The van der Waals surface area contributed by atoms with Gasteiger partial charge in [-0.15, -0.1) is 0 Å². The summed E-state index contributed by atoms with van der Waals surface area (Å²) in [6.07, 6.45) is 1.29. The number of carbonyl (C=O) groups is 2. The highest BCUT2D eigenvalue weighted by Crippen LogP contribution is 2.45. The van der Waals surface area contributed by atoms with Crippen molar-refractivity contribution in [1.82, 2.24) is 25.0 Å². The van der Waals surface area contributed by atoms with Gasteiger partial charge in [0.25, 0.3) is 5.91 Å². The van der Waals surface area contributed by atoms with Crippen molar-refractivity contribution < 1.29 is 18.6 Å². The third kappa shape index (κ3) is 3.02. The Morgan fingerprint density at radius 2 is 2.07 bits per heavy atom. The highest BCUT2D eigenvalue weighted by atomic mass is 19.1. The lowest BCUT2D eigenvalue weighted by Gasteiger charge is -2.31. The molecular weight excluding hydrogens is 353 g/mol. The summed E-state index contributed by atoms with van der Waals surface area (Å²) in [6.45, 7) is 1.50. The SMILES string of the molecule is CN(C)C(=O)N1C[C@H]2CN(C(=O)c3cnon3)C[C@H]2[C@@H]1c1cccc(F)c1. The maximum absolute atomic E-state index is 13.8. The fraction of sp³-hybridized carbons (Fsp3) is 0.444. The van der Waals surface area contributed by atoms with Crippen LogP contribution in [0.15, 0.2) is 35.1 Å². The van der Waals surface area contributed by atoms with Gasteiger partial charge < -0.3 is 14.7 Å². The third-order valence-corrected chi connectivity index (χ3v) is 5.35. The molecule has 142 valence electrons. The van der Waals surface area contributed by atoms with Crippen molar-refractivity contribution in [2.24, 2.45) is 11.8 Å². The number of nitrogens with zero attached hydrogens (tertiary/aromatic N) is 5. The standard InChI is InChI=1S/C18H20FN5O3/c1-22(2)18(26)24-9-12-8-23(17(25)15-7-20-27-21-15)10-14(12)16(24)11-4-3-5-13(19)6-11/h3-7,12,14,16H,8-10H2,1-2H3/t12-,14-,16+/m1/s1. The molecule has 0 saturated carbocycles. The van der Waals surface area contributed by atoms with Gasteiger partial charge >= 0.3 is 6.03 Å². The zero-order chi connectivity index (χ0) is 19.1. The zero-order valence-corrected chi connectivity index (χ0v) is 15.1. The molecule has 1 aromatic carbocycles. The number of fused-ring (bicyclic) bond motifs is 1. The van der Waals surface area contributed by atoms with E-state index in [2.05, 4.69) is 14.9 Å². The monoisotopic (exact) mass is 373 g/mol. The van der Waals surface area contributed by atoms with Gasteiger partial charge in [-0.1, -0.05) is 17.3 Å². The van der Waals surface area contributed by atoms with E-state index < -0.39 is 0 Å². The van der Waals surface area contributed by atoms with Gasteiger partial charge in [0.15, 0.2) is 5.69 Å². The first-order valence-electron chi connectivity index (χ1n) is 8.76. The lowest BCUT2D eigenvalue weighted by atomic mass is 9.89. The van der Waals surface area contributed by atoms with Crippen molar-refractivity contribution in [2.75, 3.05) is 33.7 Å². The number of amides is 3. The van der Waals surface area contributed by atoms with E-state index in [1.54, 1.807) is 30.0 Å². The molecule has 0 bridgehead atoms. The lowest BCUT2D eigenvalue weighted by Crippen LogP contribution is -2.42. The summed E-state index contributed by atoms with van der Waals surface area (Å²) in [5.74, 6) is -0.438. The minimum atomic E-state index is -0.340. The molecular formula is C18H20FN5O3. The van der Waals surface area contributed by atoms with E-state index in [4.69, 9.17) is 0 Å². The maximum atomic E-state index is 13.8. The molecule has 4 rings (SSSR count). The van der Waals surface area contributed by atoms with Crippen molar-refractivity contribution in [2.45, 2.75) is 6.04 Å². The second-order valence-electron chi connectivity index (χ2n) is 7.26. The van der Waals surface area contributed by atoms with Crippen LogP contribution in [0.3, 0.4) is 0 Å². The number of carbonyl (C=O) groups excluding carboxylic acids is 2. The van der Waals surface area contributed by atoms with Gasteiger partial charge in [0, 0.05) is 45.6 Å². The Kier molecular flexibility index (Phi) is 4.29. The van der Waals surface area contributed by atoms with E-state index in [1.807, 2.05) is 6.07 Å². The number of hydrogen-bond donors (Lipinski definition) is 0. The average Bonchev–Trinajstić information content (AvgIpc) is 3.35. The van der Waals surface area contributed by atoms with Crippen LogP contribution >= 0.6 is 0 Å². The summed E-state index contributed by atoms with van der Waals surface area (Å²) in [7, 11) is 3.40. The van der Waals surface area contributed by atoms with Crippen molar-refractivity contribution in [3.63, 3.8) is 0 Å². The third-order valence-electron chi connectivity index (χ3n) is 5.35. The summed E-state index contributed by atoms with van der Waals surface area (Å²) in [5.41, 5.74) is 0.911. The molecule has 8 nitrogen and oxygen atoms in total. The first kappa shape index (κ1) is 17.4. The number of benzene rings is 1. The smallest absolute Gasteiger partial charge is 0.320 e. The Balaban J connectivity index is 1.63. The lowest BCUT2D eigenvalue weighted by molar-refractivity contribution is 0.0755. The molecule has 3 amide bonds. The van der Waals surface area contributed by atoms with E-state index in [-0.39, 0.29) is 41.3 Å². The van der Waals surface area contributed by atoms with Gasteiger partial charge in [0.1, 0.15) is 12.0 Å².